The fourth-order valence-corrected chi connectivity index (χ4v) is 2.96. The van der Waals surface area contributed by atoms with Crippen LogP contribution in [0.5, 0.6) is 5.75 Å². The third kappa shape index (κ3) is 2.11. The normalized spacial score (nSPS) is 21.0. The average molecular weight is 289 g/mol. The second-order valence-corrected chi connectivity index (χ2v) is 5.50. The summed E-state index contributed by atoms with van der Waals surface area (Å²) in [5.74, 6) is 0.782. The van der Waals surface area contributed by atoms with Crippen LogP contribution in [0.2, 0.25) is 0 Å². The van der Waals surface area contributed by atoms with E-state index in [0.29, 0.717) is 13.2 Å². The molecule has 1 unspecified atom stereocenters. The standard InChI is InChI=1S/C15H19N3O3/c1-10-14(19)16(2)9-18(10)15(20)17-7-6-11-8-12(21-3)4-5-13(11)17/h4-5,8,10H,6-7,9H2,1-3H3. The number of nitrogens with zero attached hydrogens (tertiary/aromatic N) is 3. The van der Waals surface area contributed by atoms with Gasteiger partial charge in [0.25, 0.3) is 0 Å². The van der Waals surface area contributed by atoms with Gasteiger partial charge in [-0.3, -0.25) is 14.6 Å². The second-order valence-electron chi connectivity index (χ2n) is 5.50. The second kappa shape index (κ2) is 4.95. The molecule has 0 aromatic heterocycles. The third-order valence-corrected chi connectivity index (χ3v) is 4.22. The van der Waals surface area contributed by atoms with E-state index in [4.69, 9.17) is 4.74 Å². The van der Waals surface area contributed by atoms with E-state index in [1.807, 2.05) is 18.2 Å². The highest BCUT2D eigenvalue weighted by atomic mass is 16.5. The molecule has 0 bridgehead atoms. The van der Waals surface area contributed by atoms with Crippen molar-refractivity contribution in [2.24, 2.45) is 0 Å². The van der Waals surface area contributed by atoms with Gasteiger partial charge in [-0.2, -0.15) is 0 Å². The molecule has 1 aromatic carbocycles. The molecule has 112 valence electrons. The number of rotatable bonds is 1. The van der Waals surface area contributed by atoms with Gasteiger partial charge in [0.05, 0.1) is 13.8 Å². The summed E-state index contributed by atoms with van der Waals surface area (Å²) in [7, 11) is 3.35. The quantitative estimate of drug-likeness (QED) is 0.783. The van der Waals surface area contributed by atoms with E-state index in [1.54, 1.807) is 35.8 Å². The van der Waals surface area contributed by atoms with Crippen molar-refractivity contribution < 1.29 is 14.3 Å². The van der Waals surface area contributed by atoms with Crippen molar-refractivity contribution in [2.75, 3.05) is 32.3 Å². The number of likely N-dealkylation sites (N-methyl/N-ethyl adjacent to an activating group) is 1. The molecule has 6 nitrogen and oxygen atoms in total. The number of hydrogen-bond acceptors (Lipinski definition) is 3. The maximum Gasteiger partial charge on any atom is 0.326 e. The van der Waals surface area contributed by atoms with Gasteiger partial charge in [-0.05, 0) is 37.1 Å². The van der Waals surface area contributed by atoms with E-state index < -0.39 is 6.04 Å². The number of amides is 3. The van der Waals surface area contributed by atoms with Gasteiger partial charge in [0.15, 0.2) is 0 Å². The zero-order valence-electron chi connectivity index (χ0n) is 12.5. The van der Waals surface area contributed by atoms with Crippen molar-refractivity contribution in [3.8, 4) is 5.75 Å². The first-order valence-corrected chi connectivity index (χ1v) is 7.03. The number of anilines is 1. The van der Waals surface area contributed by atoms with E-state index in [1.165, 1.54) is 0 Å². The Labute approximate surface area is 123 Å². The molecule has 1 saturated heterocycles. The van der Waals surface area contributed by atoms with E-state index in [-0.39, 0.29) is 11.9 Å². The summed E-state index contributed by atoms with van der Waals surface area (Å²) >= 11 is 0. The van der Waals surface area contributed by atoms with E-state index in [9.17, 15) is 9.59 Å². The topological polar surface area (TPSA) is 53.1 Å². The van der Waals surface area contributed by atoms with Gasteiger partial charge in [0, 0.05) is 19.3 Å². The summed E-state index contributed by atoms with van der Waals surface area (Å²) in [6.45, 7) is 2.76. The van der Waals surface area contributed by atoms with Crippen molar-refractivity contribution in [1.29, 1.82) is 0 Å². The first kappa shape index (κ1) is 13.7. The molecule has 1 aromatic rings. The molecule has 2 heterocycles. The van der Waals surface area contributed by atoms with Crippen LogP contribution >= 0.6 is 0 Å². The third-order valence-electron chi connectivity index (χ3n) is 4.22. The lowest BCUT2D eigenvalue weighted by Crippen LogP contribution is -2.45. The molecule has 0 spiro atoms. The molecule has 21 heavy (non-hydrogen) atoms. The van der Waals surface area contributed by atoms with Crippen molar-refractivity contribution in [3.63, 3.8) is 0 Å². The number of benzene rings is 1. The van der Waals surface area contributed by atoms with Crippen LogP contribution in [-0.2, 0) is 11.2 Å². The van der Waals surface area contributed by atoms with Gasteiger partial charge in [-0.1, -0.05) is 0 Å². The fourth-order valence-electron chi connectivity index (χ4n) is 2.96. The first-order valence-electron chi connectivity index (χ1n) is 7.03. The number of carbonyl (C=O) groups excluding carboxylic acids is 2. The van der Waals surface area contributed by atoms with Crippen LogP contribution in [0, 0.1) is 0 Å². The van der Waals surface area contributed by atoms with E-state index in [0.717, 1.165) is 23.4 Å². The Hall–Kier alpha value is -2.24. The molecule has 0 saturated carbocycles. The molecule has 6 heteroatoms. The summed E-state index contributed by atoms with van der Waals surface area (Å²) < 4.78 is 5.21. The molecule has 3 rings (SSSR count). The molecule has 0 aliphatic carbocycles. The molecule has 0 N–H and O–H groups in total. The minimum Gasteiger partial charge on any atom is -0.497 e. The molecule has 0 radical (unpaired) electrons. The lowest BCUT2D eigenvalue weighted by molar-refractivity contribution is -0.127. The Balaban J connectivity index is 1.84. The predicted octanol–water partition coefficient (Wildman–Crippen LogP) is 1.30. The van der Waals surface area contributed by atoms with Crippen molar-refractivity contribution >= 4 is 17.6 Å². The summed E-state index contributed by atoms with van der Waals surface area (Å²) in [6, 6.07) is 5.22. The molecule has 2 aliphatic heterocycles. The SMILES string of the molecule is COc1ccc2c(c1)CCN2C(=O)N1CN(C)C(=O)C1C. The van der Waals surface area contributed by atoms with Crippen LogP contribution in [-0.4, -0.2) is 55.2 Å². The van der Waals surface area contributed by atoms with Gasteiger partial charge in [0.1, 0.15) is 11.8 Å². The predicted molar refractivity (Wildman–Crippen MR) is 78.4 cm³/mol. The smallest absolute Gasteiger partial charge is 0.326 e. The van der Waals surface area contributed by atoms with Crippen molar-refractivity contribution in [3.05, 3.63) is 23.8 Å². The number of carbonyl (C=O) groups is 2. The minimum absolute atomic E-state index is 0.0162. The highest BCUT2D eigenvalue weighted by Crippen LogP contribution is 2.32. The van der Waals surface area contributed by atoms with E-state index >= 15 is 0 Å². The number of hydrogen-bond donors (Lipinski definition) is 0. The molecule has 2 aliphatic rings. The van der Waals surface area contributed by atoms with Gasteiger partial charge >= 0.3 is 6.03 Å². The zero-order valence-corrected chi connectivity index (χ0v) is 12.5. The molecular weight excluding hydrogens is 270 g/mol. The molecule has 1 fully saturated rings. The lowest BCUT2D eigenvalue weighted by atomic mass is 10.1. The summed E-state index contributed by atoms with van der Waals surface area (Å²) in [5.41, 5.74) is 2.02. The Morgan fingerprint density at radius 3 is 2.76 bits per heavy atom. The number of ether oxygens (including phenoxy) is 1. The van der Waals surface area contributed by atoms with Crippen LogP contribution in [0.1, 0.15) is 12.5 Å². The van der Waals surface area contributed by atoms with E-state index in [2.05, 4.69) is 0 Å². The largest absolute Gasteiger partial charge is 0.497 e. The Morgan fingerprint density at radius 1 is 1.38 bits per heavy atom. The highest BCUT2D eigenvalue weighted by Gasteiger charge is 2.39. The van der Waals surface area contributed by atoms with Crippen LogP contribution in [0.3, 0.4) is 0 Å². The van der Waals surface area contributed by atoms with Gasteiger partial charge in [-0.25, -0.2) is 4.79 Å². The lowest BCUT2D eigenvalue weighted by Gasteiger charge is -2.26. The minimum atomic E-state index is -0.398. The van der Waals surface area contributed by atoms with Crippen LogP contribution in [0.25, 0.3) is 0 Å². The van der Waals surface area contributed by atoms with Gasteiger partial charge < -0.3 is 9.64 Å². The van der Waals surface area contributed by atoms with Gasteiger partial charge in [0.2, 0.25) is 5.91 Å². The summed E-state index contributed by atoms with van der Waals surface area (Å²) in [4.78, 5) is 29.5. The maximum absolute atomic E-state index is 12.7. The van der Waals surface area contributed by atoms with Crippen LogP contribution < -0.4 is 9.64 Å². The molecule has 1 atom stereocenters. The number of urea groups is 1. The molecular formula is C15H19N3O3. The summed E-state index contributed by atoms with van der Waals surface area (Å²) in [6.07, 6.45) is 0.810. The van der Waals surface area contributed by atoms with Crippen molar-refractivity contribution in [1.82, 2.24) is 9.80 Å². The van der Waals surface area contributed by atoms with Crippen LogP contribution in [0.4, 0.5) is 10.5 Å². The van der Waals surface area contributed by atoms with Crippen LogP contribution in [0.15, 0.2) is 18.2 Å². The highest BCUT2D eigenvalue weighted by molar-refractivity contribution is 5.98. The Morgan fingerprint density at radius 2 is 2.14 bits per heavy atom. The average Bonchev–Trinajstić information content (AvgIpc) is 3.02. The number of methoxy groups -OCH3 is 1. The van der Waals surface area contributed by atoms with Gasteiger partial charge in [-0.15, -0.1) is 0 Å². The maximum atomic E-state index is 12.7. The fraction of sp³-hybridized carbons (Fsp3) is 0.467. The Bertz CT molecular complexity index is 602. The van der Waals surface area contributed by atoms with Crippen molar-refractivity contribution in [2.45, 2.75) is 19.4 Å². The first-order chi connectivity index (χ1) is 10.0. The number of fused-ring (bicyclic) bond motifs is 1. The molecule has 3 amide bonds. The Kier molecular flexibility index (Phi) is 3.23. The monoisotopic (exact) mass is 289 g/mol. The zero-order chi connectivity index (χ0) is 15.1. The summed E-state index contributed by atoms with van der Waals surface area (Å²) in [5, 5.41) is 0.